The summed E-state index contributed by atoms with van der Waals surface area (Å²) in [5, 5.41) is 21.1. The third kappa shape index (κ3) is 9.69. The monoisotopic (exact) mass is 1480 g/mol. The van der Waals surface area contributed by atoms with Crippen molar-refractivity contribution in [3.63, 3.8) is 0 Å². The van der Waals surface area contributed by atoms with E-state index in [1.807, 2.05) is 55.4 Å². The Labute approximate surface area is 645 Å². The van der Waals surface area contributed by atoms with Gasteiger partial charge in [0.25, 0.3) is 0 Å². The van der Waals surface area contributed by atoms with Crippen molar-refractivity contribution in [3.8, 4) is 44.5 Å². The highest BCUT2D eigenvalue weighted by Crippen LogP contribution is 2.62. The normalized spacial score (nSPS) is 20.0. The molecule has 0 amide bonds. The van der Waals surface area contributed by atoms with E-state index in [1.165, 1.54) is 180 Å². The van der Waals surface area contributed by atoms with Gasteiger partial charge in [-0.1, -0.05) is 223 Å². The van der Waals surface area contributed by atoms with Crippen molar-refractivity contribution in [3.05, 3.63) is 255 Å². The van der Waals surface area contributed by atoms with Gasteiger partial charge in [0.05, 0.1) is 33.6 Å². The quantitative estimate of drug-likeness (QED) is 0.127. The minimum absolute atomic E-state index is 0.0844. The van der Waals surface area contributed by atoms with Gasteiger partial charge in [-0.25, -0.2) is 0 Å². The molecule has 14 aromatic carbocycles. The van der Waals surface area contributed by atoms with Crippen molar-refractivity contribution in [2.24, 2.45) is 0 Å². The van der Waals surface area contributed by atoms with Crippen LogP contribution in [0.1, 0.15) is 183 Å². The molecule has 0 saturated carbocycles. The molecule has 538 valence electrons. The van der Waals surface area contributed by atoms with Crippen LogP contribution >= 0.6 is 15.9 Å². The van der Waals surface area contributed by atoms with E-state index in [0.29, 0.717) is 0 Å². The van der Waals surface area contributed by atoms with Gasteiger partial charge in [-0.2, -0.15) is 0 Å². The fourth-order valence-electron chi connectivity index (χ4n) is 19.6. The highest BCUT2D eigenvalue weighted by Gasteiger charge is 2.64. The van der Waals surface area contributed by atoms with Crippen LogP contribution in [0.5, 0.6) is 0 Å². The lowest BCUT2D eigenvalue weighted by Crippen LogP contribution is -2.41. The Morgan fingerprint density at radius 3 is 0.796 bits per heavy atom. The van der Waals surface area contributed by atoms with Crippen molar-refractivity contribution in [2.75, 3.05) is 0 Å². The molecule has 21 rings (SSSR count). The summed E-state index contributed by atoms with van der Waals surface area (Å²) < 4.78 is 38.4. The van der Waals surface area contributed by atoms with E-state index in [1.54, 1.807) is 0 Å². The number of fused-ring (bicyclic) bond motifs is 28. The standard InChI is InChI=1S/C46H41BO2.C40H29Br.C12H24B2O4/c1-43(2)37-22-33-29-18-12-10-16-27(29)26-15-9-11-17-28(26)32(33)21-34(37)35-23-39-36(24-38(35)43)42-31-20-14-13-19-30(31)41(25-40(42)44(39,3)4)47-48-45(5,6)46(7,8)49-47;1-39(2)33-18-29-25-14-8-6-12-23(25)22-11-5-7-13-24(22)28(29)17-30(33)31-19-35-32(20-34(31)39)38-27-16-10-9-15-26(27)37(41)21-36(38)40(35,3)4;1-9(2)10(3,4)16-13(15-9)14-17-11(5,6)12(7,8)18-14/h9-25H,1-8H3;5-21H,1-4H3;1-8H3. The molecule has 0 N–H and O–H groups in total. The van der Waals surface area contributed by atoms with Gasteiger partial charge in [0, 0.05) is 26.1 Å². The van der Waals surface area contributed by atoms with E-state index in [2.05, 4.69) is 305 Å². The Balaban J connectivity index is 0.000000121. The van der Waals surface area contributed by atoms with E-state index in [4.69, 9.17) is 27.9 Å². The second-order valence-electron chi connectivity index (χ2n) is 37.1. The summed E-state index contributed by atoms with van der Waals surface area (Å²) in [5.41, 5.74) is 20.7. The Hall–Kier alpha value is -8.41. The van der Waals surface area contributed by atoms with E-state index >= 15 is 0 Å². The molecule has 0 aromatic heterocycles. The van der Waals surface area contributed by atoms with Crippen LogP contribution in [0.3, 0.4) is 0 Å². The van der Waals surface area contributed by atoms with Crippen molar-refractivity contribution >= 4 is 129 Å². The van der Waals surface area contributed by atoms with E-state index in [9.17, 15) is 0 Å². The molecular weight excluding hydrogens is 1390 g/mol. The third-order valence-corrected chi connectivity index (χ3v) is 28.6. The average molecular weight is 1480 g/mol. The first-order valence-corrected chi connectivity index (χ1v) is 39.7. The molecule has 0 spiro atoms. The van der Waals surface area contributed by atoms with Crippen molar-refractivity contribution in [1.82, 2.24) is 0 Å². The molecule has 3 aliphatic heterocycles. The molecule has 0 unspecified atom stereocenters. The molecule has 3 saturated heterocycles. The van der Waals surface area contributed by atoms with Crippen LogP contribution in [-0.4, -0.2) is 54.7 Å². The van der Waals surface area contributed by atoms with Crippen LogP contribution in [-0.2, 0) is 49.6 Å². The summed E-state index contributed by atoms with van der Waals surface area (Å²) in [4.78, 5) is 0. The molecular formula is C98H94B3BrO6. The molecule has 3 heterocycles. The van der Waals surface area contributed by atoms with Gasteiger partial charge in [-0.15, -0.1) is 0 Å². The maximum absolute atomic E-state index is 6.66. The number of rotatable bonds is 2. The molecule has 3 fully saturated rings. The largest absolute Gasteiger partial charge is 0.495 e. The highest BCUT2D eigenvalue weighted by atomic mass is 79.9. The summed E-state index contributed by atoms with van der Waals surface area (Å²) in [7, 11) is -1.37. The van der Waals surface area contributed by atoms with Gasteiger partial charge in [0.2, 0.25) is 0 Å². The van der Waals surface area contributed by atoms with Crippen molar-refractivity contribution in [2.45, 2.75) is 194 Å². The summed E-state index contributed by atoms with van der Waals surface area (Å²) in [6.45, 7) is 44.0. The molecule has 0 bridgehead atoms. The Morgan fingerprint density at radius 1 is 0.213 bits per heavy atom. The Morgan fingerprint density at radius 2 is 0.444 bits per heavy atom. The third-order valence-electron chi connectivity index (χ3n) is 27.9. The fourth-order valence-corrected chi connectivity index (χ4v) is 20.1. The second kappa shape index (κ2) is 22.9. The highest BCUT2D eigenvalue weighted by molar-refractivity contribution is 9.10. The minimum Gasteiger partial charge on any atom is -0.405 e. The Kier molecular flexibility index (Phi) is 14.8. The van der Waals surface area contributed by atoms with Crippen molar-refractivity contribution in [1.29, 1.82) is 0 Å². The number of benzene rings is 14. The molecule has 108 heavy (non-hydrogen) atoms. The molecule has 0 radical (unpaired) electrons. The number of hydrogen-bond acceptors (Lipinski definition) is 6. The fraction of sp³-hybridized carbons (Fsp3) is 0.306. The lowest BCUT2D eigenvalue weighted by atomic mass is 9.49. The topological polar surface area (TPSA) is 55.4 Å². The summed E-state index contributed by atoms with van der Waals surface area (Å²) >= 11 is 3.90. The first kappa shape index (κ1) is 70.0. The van der Waals surface area contributed by atoms with Gasteiger partial charge >= 0.3 is 21.1 Å². The van der Waals surface area contributed by atoms with Gasteiger partial charge < -0.3 is 27.9 Å². The van der Waals surface area contributed by atoms with Gasteiger partial charge in [-0.3, -0.25) is 0 Å². The average Bonchev–Trinajstić information content (AvgIpc) is 1.49. The van der Waals surface area contributed by atoms with Gasteiger partial charge in [-0.05, 0) is 318 Å². The minimum atomic E-state index is -0.476. The van der Waals surface area contributed by atoms with E-state index in [0.717, 1.165) is 5.46 Å². The number of hydrogen-bond donors (Lipinski definition) is 0. The van der Waals surface area contributed by atoms with Gasteiger partial charge in [0.15, 0.2) is 0 Å². The van der Waals surface area contributed by atoms with Gasteiger partial charge in [0.1, 0.15) is 0 Å². The van der Waals surface area contributed by atoms with Crippen molar-refractivity contribution < 1.29 is 27.9 Å². The van der Waals surface area contributed by atoms with Crippen LogP contribution < -0.4 is 5.46 Å². The summed E-state index contributed by atoms with van der Waals surface area (Å²) in [5.74, 6) is 0. The zero-order valence-electron chi connectivity index (χ0n) is 66.2. The van der Waals surface area contributed by atoms with Crippen LogP contribution in [0.4, 0.5) is 0 Å². The number of halogens is 1. The Bertz CT molecular complexity index is 6250. The van der Waals surface area contributed by atoms with Crippen LogP contribution in [0, 0.1) is 0 Å². The summed E-state index contributed by atoms with van der Waals surface area (Å²) in [6.07, 6.45) is 0. The maximum atomic E-state index is 6.66. The zero-order valence-corrected chi connectivity index (χ0v) is 67.8. The molecule has 14 aromatic rings. The van der Waals surface area contributed by atoms with Crippen LogP contribution in [0.25, 0.3) is 131 Å². The second-order valence-corrected chi connectivity index (χ2v) is 37.9. The zero-order chi connectivity index (χ0) is 75.6. The molecule has 6 nitrogen and oxygen atoms in total. The molecule has 0 atom stereocenters. The molecule has 7 aliphatic rings. The molecule has 10 heteroatoms. The summed E-state index contributed by atoms with van der Waals surface area (Å²) in [6, 6.07) is 78.3. The lowest BCUT2D eigenvalue weighted by Gasteiger charge is -2.32. The van der Waals surface area contributed by atoms with E-state index < -0.39 is 32.3 Å². The van der Waals surface area contributed by atoms with Crippen LogP contribution in [0.15, 0.2) is 211 Å². The smallest absolute Gasteiger partial charge is 0.405 e. The first-order valence-electron chi connectivity index (χ1n) is 38.9. The first-order chi connectivity index (χ1) is 50.9. The van der Waals surface area contributed by atoms with Crippen LogP contribution in [0.2, 0.25) is 0 Å². The van der Waals surface area contributed by atoms with E-state index in [-0.39, 0.29) is 44.1 Å². The predicted molar refractivity (Wildman–Crippen MR) is 459 cm³/mol. The SMILES string of the molecule is CC1(C)OB(B2OC(C)(C)C(C)(C)O2)OC1(C)C.CC1(C)c2cc3c(cc2-c2cc4c5ccccc5c5ccccc5c4cc21)C(C)(C)c1cc(B2OC(C)(C)C(C)(C)O2)c2ccccc2c1-3.CC1(C)c2cc3c(cc2-c2cc4c5ccccc5c5ccccc5c4cc21)C(C)(C)c1cc(Br)c2ccccc2c1-3. The predicted octanol–water partition coefficient (Wildman–Crippen LogP) is 25.1. The molecule has 4 aliphatic carbocycles. The maximum Gasteiger partial charge on any atom is 0.495 e. The lowest BCUT2D eigenvalue weighted by molar-refractivity contribution is 0.00578.